The van der Waals surface area contributed by atoms with Gasteiger partial charge in [0.25, 0.3) is 5.69 Å². The van der Waals surface area contributed by atoms with Crippen molar-refractivity contribution in [1.82, 2.24) is 0 Å². The average molecular weight is 276 g/mol. The quantitative estimate of drug-likeness (QED) is 0.660. The highest BCUT2D eigenvalue weighted by Gasteiger charge is 2.17. The molecule has 0 amide bonds. The number of nitrogens with zero attached hydrogens (tertiary/aromatic N) is 1. The number of phenolic OH excluding ortho intramolecular Hbond substituents is 1. The third-order valence-corrected chi connectivity index (χ3v) is 2.93. The average Bonchev–Trinajstić information content (AvgIpc) is 2.41. The van der Waals surface area contributed by atoms with Crippen molar-refractivity contribution in [3.63, 3.8) is 0 Å². The molecule has 0 radical (unpaired) electrons. The topological polar surface area (TPSA) is 75.4 Å². The van der Waals surface area contributed by atoms with E-state index in [1.807, 2.05) is 0 Å². The minimum absolute atomic E-state index is 0.0648. The second-order valence-corrected chi connectivity index (χ2v) is 4.34. The second-order valence-electron chi connectivity index (χ2n) is 4.34. The number of hydrogen-bond acceptors (Lipinski definition) is 4. The summed E-state index contributed by atoms with van der Waals surface area (Å²) in [5, 5.41) is 23.5. The molecule has 20 heavy (non-hydrogen) atoms. The fourth-order valence-corrected chi connectivity index (χ4v) is 1.94. The van der Waals surface area contributed by atoms with E-state index in [2.05, 4.69) is 5.32 Å². The van der Waals surface area contributed by atoms with E-state index in [1.165, 1.54) is 18.2 Å². The van der Waals surface area contributed by atoms with Crippen molar-refractivity contribution in [3.05, 3.63) is 64.0 Å². The number of hydrogen-bond donors (Lipinski definition) is 2. The summed E-state index contributed by atoms with van der Waals surface area (Å²) in [5.74, 6) is -0.543. The van der Waals surface area contributed by atoms with Crippen LogP contribution < -0.4 is 5.32 Å². The highest BCUT2D eigenvalue weighted by Crippen LogP contribution is 2.31. The number of halogens is 1. The molecule has 0 spiro atoms. The molecule has 0 aliphatic rings. The molecule has 0 aliphatic carbocycles. The van der Waals surface area contributed by atoms with E-state index in [4.69, 9.17) is 0 Å². The van der Waals surface area contributed by atoms with Crippen LogP contribution in [-0.2, 0) is 0 Å². The second kappa shape index (κ2) is 5.56. The highest BCUT2D eigenvalue weighted by atomic mass is 19.1. The van der Waals surface area contributed by atoms with E-state index in [-0.39, 0.29) is 11.4 Å². The van der Waals surface area contributed by atoms with Gasteiger partial charge in [-0.15, -0.1) is 0 Å². The summed E-state index contributed by atoms with van der Waals surface area (Å²) in [4.78, 5) is 10.4. The van der Waals surface area contributed by atoms with Gasteiger partial charge in [0, 0.05) is 11.6 Å². The molecule has 2 aromatic rings. The summed E-state index contributed by atoms with van der Waals surface area (Å²) in [6.45, 7) is 1.69. The van der Waals surface area contributed by atoms with Gasteiger partial charge in [0.2, 0.25) is 0 Å². The zero-order valence-corrected chi connectivity index (χ0v) is 10.7. The molecule has 6 heteroatoms. The Hall–Kier alpha value is -2.63. The number of nitrogens with one attached hydrogen (secondary N) is 1. The molecule has 5 nitrogen and oxygen atoms in total. The van der Waals surface area contributed by atoms with Crippen LogP contribution in [0.3, 0.4) is 0 Å². The molecule has 0 aromatic heterocycles. The van der Waals surface area contributed by atoms with Gasteiger partial charge >= 0.3 is 0 Å². The summed E-state index contributed by atoms with van der Waals surface area (Å²) in [7, 11) is 0. The lowest BCUT2D eigenvalue weighted by Gasteiger charge is -2.16. The van der Waals surface area contributed by atoms with Crippen molar-refractivity contribution in [2.75, 3.05) is 5.32 Å². The molecular weight excluding hydrogens is 263 g/mol. The van der Waals surface area contributed by atoms with Crippen molar-refractivity contribution in [2.24, 2.45) is 0 Å². The predicted molar refractivity (Wildman–Crippen MR) is 73.2 cm³/mol. The molecule has 0 saturated heterocycles. The van der Waals surface area contributed by atoms with Crippen LogP contribution >= 0.6 is 0 Å². The van der Waals surface area contributed by atoms with Gasteiger partial charge in [-0.1, -0.05) is 12.1 Å². The van der Waals surface area contributed by atoms with Gasteiger partial charge in [0.15, 0.2) is 0 Å². The molecule has 1 atom stereocenters. The normalized spacial score (nSPS) is 11.9. The van der Waals surface area contributed by atoms with Gasteiger partial charge in [-0.25, -0.2) is 4.39 Å². The minimum Gasteiger partial charge on any atom is -0.508 e. The SMILES string of the molecule is CC(Nc1ccccc1[N+](=O)[O-])c1cc(F)ccc1O. The van der Waals surface area contributed by atoms with Gasteiger partial charge in [-0.2, -0.15) is 0 Å². The lowest BCUT2D eigenvalue weighted by Crippen LogP contribution is -2.08. The van der Waals surface area contributed by atoms with Gasteiger partial charge in [-0.3, -0.25) is 10.1 Å². The number of phenols is 1. The summed E-state index contributed by atoms with van der Waals surface area (Å²) in [6.07, 6.45) is 0. The van der Waals surface area contributed by atoms with Crippen molar-refractivity contribution >= 4 is 11.4 Å². The lowest BCUT2D eigenvalue weighted by molar-refractivity contribution is -0.384. The third-order valence-electron chi connectivity index (χ3n) is 2.93. The number of aromatic hydroxyl groups is 1. The fourth-order valence-electron chi connectivity index (χ4n) is 1.94. The Balaban J connectivity index is 2.30. The first-order chi connectivity index (χ1) is 9.49. The molecule has 2 aromatic carbocycles. The number of para-hydroxylation sites is 2. The molecule has 0 heterocycles. The first-order valence-electron chi connectivity index (χ1n) is 5.97. The molecular formula is C14H13FN2O3. The number of nitro benzene ring substituents is 1. The van der Waals surface area contributed by atoms with Gasteiger partial charge < -0.3 is 10.4 Å². The Morgan fingerprint density at radius 3 is 2.70 bits per heavy atom. The molecule has 2 N–H and O–H groups in total. The van der Waals surface area contributed by atoms with E-state index < -0.39 is 16.8 Å². The van der Waals surface area contributed by atoms with Crippen LogP contribution in [0.25, 0.3) is 0 Å². The van der Waals surface area contributed by atoms with Crippen LogP contribution in [0.2, 0.25) is 0 Å². The van der Waals surface area contributed by atoms with Crippen molar-refractivity contribution < 1.29 is 14.4 Å². The Bertz CT molecular complexity index is 646. The van der Waals surface area contributed by atoms with E-state index in [9.17, 15) is 19.6 Å². The maximum atomic E-state index is 13.2. The van der Waals surface area contributed by atoms with Crippen molar-refractivity contribution in [1.29, 1.82) is 0 Å². The van der Waals surface area contributed by atoms with Gasteiger partial charge in [0.05, 0.1) is 11.0 Å². The summed E-state index contributed by atoms with van der Waals surface area (Å²) in [5.41, 5.74) is 0.576. The number of benzene rings is 2. The monoisotopic (exact) mass is 276 g/mol. The fraction of sp³-hybridized carbons (Fsp3) is 0.143. The van der Waals surface area contributed by atoms with Crippen LogP contribution in [0.1, 0.15) is 18.5 Å². The van der Waals surface area contributed by atoms with E-state index in [0.29, 0.717) is 11.3 Å². The zero-order valence-electron chi connectivity index (χ0n) is 10.7. The van der Waals surface area contributed by atoms with Crippen LogP contribution in [0, 0.1) is 15.9 Å². The van der Waals surface area contributed by atoms with Crippen LogP contribution in [0.15, 0.2) is 42.5 Å². The summed E-state index contributed by atoms with van der Waals surface area (Å²) in [6, 6.07) is 9.28. The largest absolute Gasteiger partial charge is 0.508 e. The maximum Gasteiger partial charge on any atom is 0.292 e. The zero-order chi connectivity index (χ0) is 14.7. The number of nitro groups is 1. The van der Waals surface area contributed by atoms with Crippen LogP contribution in [0.4, 0.5) is 15.8 Å². The predicted octanol–water partition coefficient (Wildman–Crippen LogP) is 3.61. The Morgan fingerprint density at radius 2 is 2.00 bits per heavy atom. The number of rotatable bonds is 4. The van der Waals surface area contributed by atoms with Crippen molar-refractivity contribution in [3.8, 4) is 5.75 Å². The number of anilines is 1. The van der Waals surface area contributed by atoms with E-state index >= 15 is 0 Å². The Labute approximate surface area is 114 Å². The molecule has 0 fully saturated rings. The molecule has 104 valence electrons. The summed E-state index contributed by atoms with van der Waals surface area (Å²) >= 11 is 0. The standard InChI is InChI=1S/C14H13FN2O3/c1-9(11-8-10(15)6-7-14(11)18)16-12-4-2-3-5-13(12)17(19)20/h2-9,16,18H,1H3. The smallest absolute Gasteiger partial charge is 0.292 e. The van der Waals surface area contributed by atoms with Crippen LogP contribution in [0.5, 0.6) is 5.75 Å². The Kier molecular flexibility index (Phi) is 3.84. The Morgan fingerprint density at radius 1 is 1.30 bits per heavy atom. The van der Waals surface area contributed by atoms with Gasteiger partial charge in [-0.05, 0) is 31.2 Å². The van der Waals surface area contributed by atoms with Crippen LogP contribution in [-0.4, -0.2) is 10.0 Å². The first-order valence-corrected chi connectivity index (χ1v) is 5.97. The minimum atomic E-state index is -0.500. The van der Waals surface area contributed by atoms with E-state index in [0.717, 1.165) is 6.07 Å². The van der Waals surface area contributed by atoms with Gasteiger partial charge in [0.1, 0.15) is 17.3 Å². The van der Waals surface area contributed by atoms with Crippen molar-refractivity contribution in [2.45, 2.75) is 13.0 Å². The molecule has 0 bridgehead atoms. The third kappa shape index (κ3) is 2.85. The highest BCUT2D eigenvalue weighted by molar-refractivity contribution is 5.62. The van der Waals surface area contributed by atoms with E-state index in [1.54, 1.807) is 25.1 Å². The molecule has 1 unspecified atom stereocenters. The maximum absolute atomic E-state index is 13.2. The first kappa shape index (κ1) is 13.8. The lowest BCUT2D eigenvalue weighted by atomic mass is 10.1. The molecule has 2 rings (SSSR count). The molecule has 0 saturated carbocycles. The summed E-state index contributed by atoms with van der Waals surface area (Å²) < 4.78 is 13.2. The molecule has 0 aliphatic heterocycles.